The second-order valence-electron chi connectivity index (χ2n) is 6.21. The van der Waals surface area contributed by atoms with Crippen molar-refractivity contribution in [2.75, 3.05) is 12.8 Å². The van der Waals surface area contributed by atoms with Crippen molar-refractivity contribution in [1.82, 2.24) is 0 Å². The lowest BCUT2D eigenvalue weighted by Gasteiger charge is -2.10. The van der Waals surface area contributed by atoms with E-state index in [2.05, 4.69) is 19.7 Å². The fourth-order valence-corrected chi connectivity index (χ4v) is 4.25. The molecule has 0 atom stereocenters. The molecule has 0 saturated heterocycles. The van der Waals surface area contributed by atoms with Crippen LogP contribution in [-0.4, -0.2) is 33.6 Å². The molecule has 32 heavy (non-hydrogen) atoms. The monoisotopic (exact) mass is 478 g/mol. The molecule has 3 aromatic rings. The first-order valence-electron chi connectivity index (χ1n) is 8.42. The fourth-order valence-electron chi connectivity index (χ4n) is 2.77. The van der Waals surface area contributed by atoms with E-state index in [0.717, 1.165) is 18.2 Å². The summed E-state index contributed by atoms with van der Waals surface area (Å²) < 4.78 is 65.4. The van der Waals surface area contributed by atoms with Crippen LogP contribution in [0.5, 0.6) is 11.5 Å². The Morgan fingerprint density at radius 1 is 1.03 bits per heavy atom. The number of nitrogens with zero attached hydrogens (tertiary/aromatic N) is 5. The third-order valence-corrected chi connectivity index (χ3v) is 6.24. The molecule has 0 aliphatic carbocycles. The molecule has 0 aromatic heterocycles. The summed E-state index contributed by atoms with van der Waals surface area (Å²) >= 11 is 0. The van der Waals surface area contributed by atoms with Crippen LogP contribution >= 0.6 is 0 Å². The van der Waals surface area contributed by atoms with E-state index in [0.29, 0.717) is 0 Å². The molecule has 166 valence electrons. The number of sulfonamides is 1. The van der Waals surface area contributed by atoms with E-state index < -0.39 is 41.4 Å². The van der Waals surface area contributed by atoms with Gasteiger partial charge < -0.3 is 15.6 Å². The van der Waals surface area contributed by atoms with Crippen molar-refractivity contribution in [3.63, 3.8) is 0 Å². The zero-order chi connectivity index (χ0) is 23.7. The average Bonchev–Trinajstić information content (AvgIpc) is 2.72. The molecule has 4 N–H and O–H groups in total. The number of azo groups is 1. The van der Waals surface area contributed by atoms with Crippen LogP contribution in [-0.2, 0) is 20.1 Å². The highest BCUT2D eigenvalue weighted by Gasteiger charge is 2.24. The first-order valence-corrected chi connectivity index (χ1v) is 11.3. The predicted octanol–water partition coefficient (Wildman–Crippen LogP) is 3.80. The van der Waals surface area contributed by atoms with Crippen LogP contribution in [0.25, 0.3) is 21.2 Å². The number of ether oxygens (including phenoxy) is 1. The molecule has 0 unspecified atom stereocenters. The molecule has 0 bridgehead atoms. The van der Waals surface area contributed by atoms with Crippen LogP contribution in [0, 0.1) is 0 Å². The van der Waals surface area contributed by atoms with Crippen LogP contribution in [0.3, 0.4) is 0 Å². The van der Waals surface area contributed by atoms with Gasteiger partial charge in [0.1, 0.15) is 26.9 Å². The van der Waals surface area contributed by atoms with Gasteiger partial charge in [-0.3, -0.25) is 4.55 Å². The van der Waals surface area contributed by atoms with Gasteiger partial charge in [-0.05, 0) is 47.3 Å². The van der Waals surface area contributed by atoms with Crippen molar-refractivity contribution in [2.45, 2.75) is 9.79 Å². The van der Waals surface area contributed by atoms with Crippen LogP contribution in [0.2, 0.25) is 0 Å². The van der Waals surface area contributed by atoms with E-state index in [4.69, 9.17) is 16.0 Å². The van der Waals surface area contributed by atoms with Crippen molar-refractivity contribution in [3.05, 3.63) is 52.9 Å². The van der Waals surface area contributed by atoms with Crippen molar-refractivity contribution >= 4 is 48.0 Å². The summed E-state index contributed by atoms with van der Waals surface area (Å²) in [5.74, 6) is -0.547. The van der Waals surface area contributed by atoms with Gasteiger partial charge in [-0.15, -0.1) is 10.2 Å². The van der Waals surface area contributed by atoms with Gasteiger partial charge in [0.2, 0.25) is 0 Å². The summed E-state index contributed by atoms with van der Waals surface area (Å²) in [5.41, 5.74) is 13.6. The van der Waals surface area contributed by atoms with E-state index in [-0.39, 0.29) is 27.9 Å². The lowest BCUT2D eigenvalue weighted by atomic mass is 10.1. The maximum absolute atomic E-state index is 12.4. The van der Waals surface area contributed by atoms with Gasteiger partial charge in [0.05, 0.1) is 7.11 Å². The number of hydrogen-bond acceptors (Lipinski definition) is 9. The number of hydrogen-bond donors (Lipinski definition) is 3. The van der Waals surface area contributed by atoms with E-state index >= 15 is 0 Å². The first kappa shape index (κ1) is 22.8. The van der Waals surface area contributed by atoms with Crippen molar-refractivity contribution in [2.24, 2.45) is 14.7 Å². The number of phenolic OH excluding ortho intramolecular Hbond substituents is 1. The number of methoxy groups -OCH3 is 1. The fraction of sp³-hybridized carbons (Fsp3) is 0.0588. The number of aromatic hydroxyl groups is 1. The molecule has 0 saturated carbocycles. The van der Waals surface area contributed by atoms with Crippen LogP contribution < -0.4 is 10.5 Å². The number of rotatable bonds is 6. The zero-order valence-corrected chi connectivity index (χ0v) is 17.7. The van der Waals surface area contributed by atoms with Gasteiger partial charge in [0.25, 0.3) is 20.1 Å². The smallest absolute Gasteiger partial charge is 0.296 e. The third kappa shape index (κ3) is 4.40. The molecule has 0 aliphatic heterocycles. The normalized spacial score (nSPS) is 12.1. The number of nitrogen functional groups attached to an aromatic ring is 1. The molecule has 3 aromatic carbocycles. The van der Waals surface area contributed by atoms with Crippen molar-refractivity contribution < 1.29 is 31.2 Å². The van der Waals surface area contributed by atoms with Gasteiger partial charge in [0.15, 0.2) is 5.75 Å². The summed E-state index contributed by atoms with van der Waals surface area (Å²) in [5, 5.41) is 18.4. The number of fused-ring (bicyclic) bond motifs is 1. The average molecular weight is 478 g/mol. The largest absolute Gasteiger partial charge is 0.505 e. The molecule has 0 aliphatic rings. The Balaban J connectivity index is 2.32. The van der Waals surface area contributed by atoms with E-state index in [1.807, 2.05) is 0 Å². The standard InChI is InChI=1S/C17H14N6O7S2/c1-30-11-3-5-13(14(8-11)32(27,28)29)20-21-16-15(31(25,26)23-22-19)7-9-6-10(18)2-4-12(9)17(16)24/h2-8,24H,18H2,1H3,(H,27,28,29). The Morgan fingerprint density at radius 2 is 1.75 bits per heavy atom. The van der Waals surface area contributed by atoms with E-state index in [9.17, 15) is 26.5 Å². The molecular formula is C17H14N6O7S2. The van der Waals surface area contributed by atoms with Gasteiger partial charge in [-0.1, -0.05) is 0 Å². The van der Waals surface area contributed by atoms with Gasteiger partial charge in [-0.2, -0.15) is 8.42 Å². The van der Waals surface area contributed by atoms with Crippen molar-refractivity contribution in [3.8, 4) is 11.5 Å². The van der Waals surface area contributed by atoms with E-state index in [1.165, 1.54) is 31.4 Å². The highest BCUT2D eigenvalue weighted by molar-refractivity contribution is 7.90. The Hall–Kier alpha value is -3.91. The Morgan fingerprint density at radius 3 is 2.38 bits per heavy atom. The first-order chi connectivity index (χ1) is 15.0. The minimum atomic E-state index is -4.76. The SMILES string of the molecule is COc1ccc(N=Nc2c(S(=O)(=O)N=[N+]=[N-])cc3cc(N)ccc3c2O)c(S(=O)(=O)O)c1. The Labute approximate surface area is 181 Å². The molecule has 0 amide bonds. The topological polar surface area (TPSA) is 217 Å². The maximum atomic E-state index is 12.4. The highest BCUT2D eigenvalue weighted by Crippen LogP contribution is 2.43. The summed E-state index contributed by atoms with van der Waals surface area (Å²) in [6.45, 7) is 0. The second-order valence-corrected chi connectivity index (χ2v) is 9.15. The minimum Gasteiger partial charge on any atom is -0.505 e. The molecule has 15 heteroatoms. The summed E-state index contributed by atoms with van der Waals surface area (Å²) in [7, 11) is -8.14. The van der Waals surface area contributed by atoms with Crippen LogP contribution in [0.15, 0.2) is 67.0 Å². The molecule has 13 nitrogen and oxygen atoms in total. The van der Waals surface area contributed by atoms with Crippen LogP contribution in [0.1, 0.15) is 0 Å². The van der Waals surface area contributed by atoms with E-state index in [1.54, 1.807) is 0 Å². The number of phenols is 1. The van der Waals surface area contributed by atoms with Gasteiger partial charge in [0, 0.05) is 26.6 Å². The zero-order valence-electron chi connectivity index (χ0n) is 16.1. The molecule has 3 rings (SSSR count). The molecule has 0 fully saturated rings. The second kappa shape index (κ2) is 8.32. The van der Waals surface area contributed by atoms with Gasteiger partial charge in [-0.25, -0.2) is 8.42 Å². The van der Waals surface area contributed by atoms with Crippen LogP contribution in [0.4, 0.5) is 17.1 Å². The number of anilines is 1. The number of azide groups is 1. The number of benzene rings is 3. The lowest BCUT2D eigenvalue weighted by Crippen LogP contribution is -1.99. The maximum Gasteiger partial charge on any atom is 0.296 e. The minimum absolute atomic E-state index is 0.0920. The predicted molar refractivity (Wildman–Crippen MR) is 113 cm³/mol. The summed E-state index contributed by atoms with van der Waals surface area (Å²) in [6, 6.07) is 8.75. The van der Waals surface area contributed by atoms with Crippen molar-refractivity contribution in [1.29, 1.82) is 0 Å². The molecule has 0 heterocycles. The lowest BCUT2D eigenvalue weighted by molar-refractivity contribution is 0.412. The Kier molecular flexibility index (Phi) is 5.92. The molecule has 0 spiro atoms. The quantitative estimate of drug-likeness (QED) is 0.155. The molecule has 0 radical (unpaired) electrons. The number of nitrogens with two attached hydrogens (primary N) is 1. The highest BCUT2D eigenvalue weighted by atomic mass is 32.2. The summed E-state index contributed by atoms with van der Waals surface area (Å²) in [4.78, 5) is 0.897. The summed E-state index contributed by atoms with van der Waals surface area (Å²) in [6.07, 6.45) is 0. The Bertz CT molecular complexity index is 1530. The van der Waals surface area contributed by atoms with Gasteiger partial charge >= 0.3 is 0 Å². The molecular weight excluding hydrogens is 464 g/mol. The third-order valence-electron chi connectivity index (χ3n) is 4.20.